The number of amides is 1. The van der Waals surface area contributed by atoms with Crippen molar-refractivity contribution < 1.29 is 4.79 Å². The number of rotatable bonds is 5. The van der Waals surface area contributed by atoms with Crippen LogP contribution in [0.15, 0.2) is 24.5 Å². The van der Waals surface area contributed by atoms with Gasteiger partial charge in [0.1, 0.15) is 0 Å². The molecule has 0 unspecified atom stereocenters. The van der Waals surface area contributed by atoms with Crippen molar-refractivity contribution in [2.75, 3.05) is 40.3 Å². The number of aromatic nitrogens is 1. The quantitative estimate of drug-likeness (QED) is 0.821. The van der Waals surface area contributed by atoms with E-state index in [0.29, 0.717) is 12.0 Å². The summed E-state index contributed by atoms with van der Waals surface area (Å²) in [6, 6.07) is 4.01. The van der Waals surface area contributed by atoms with E-state index in [1.165, 1.54) is 12.8 Å². The molecule has 1 aromatic rings. The summed E-state index contributed by atoms with van der Waals surface area (Å²) in [6.45, 7) is 7.28. The van der Waals surface area contributed by atoms with Crippen LogP contribution in [0, 0.1) is 5.41 Å². The normalized spacial score (nSPS) is 23.9. The van der Waals surface area contributed by atoms with E-state index in [-0.39, 0.29) is 11.9 Å². The van der Waals surface area contributed by atoms with Gasteiger partial charge in [0.25, 0.3) is 0 Å². The predicted molar refractivity (Wildman–Crippen MR) is 100 cm³/mol. The number of pyridine rings is 1. The molecule has 3 heterocycles. The lowest BCUT2D eigenvalue weighted by molar-refractivity contribution is -0.135. The maximum atomic E-state index is 13.2. The lowest BCUT2D eigenvalue weighted by Gasteiger charge is -2.37. The molecule has 5 heteroatoms. The summed E-state index contributed by atoms with van der Waals surface area (Å²) in [4.78, 5) is 24.1. The van der Waals surface area contributed by atoms with Crippen molar-refractivity contribution in [3.63, 3.8) is 0 Å². The van der Waals surface area contributed by atoms with Crippen LogP contribution in [0.2, 0.25) is 0 Å². The molecule has 2 saturated heterocycles. The van der Waals surface area contributed by atoms with Gasteiger partial charge in [-0.15, -0.1) is 0 Å². The zero-order valence-corrected chi connectivity index (χ0v) is 15.9. The number of carbonyl (C=O) groups is 1. The van der Waals surface area contributed by atoms with E-state index in [2.05, 4.69) is 28.8 Å². The zero-order chi connectivity index (χ0) is 17.9. The Balaban J connectivity index is 1.68. The molecular formula is C20H32N4O. The van der Waals surface area contributed by atoms with Crippen molar-refractivity contribution in [1.29, 1.82) is 0 Å². The average Bonchev–Trinajstić information content (AvgIpc) is 2.96. The second-order valence-electron chi connectivity index (χ2n) is 8.05. The highest BCUT2D eigenvalue weighted by molar-refractivity contribution is 5.82. The van der Waals surface area contributed by atoms with Crippen LogP contribution in [0.25, 0.3) is 0 Å². The van der Waals surface area contributed by atoms with Crippen LogP contribution >= 0.6 is 0 Å². The van der Waals surface area contributed by atoms with Crippen LogP contribution in [0.1, 0.15) is 38.2 Å². The van der Waals surface area contributed by atoms with Crippen molar-refractivity contribution in [3.8, 4) is 0 Å². The standard InChI is InChI=1S/C20H32N4O/c1-4-10-24-16-20(7-11-22(2)12-8-20)13-18(24)19(25)23(3)15-17-6-5-9-21-14-17/h5-6,9,14,18H,4,7-8,10-13,15-16H2,1-3H3/t18-/m0/s1. The molecule has 1 amide bonds. The second-order valence-corrected chi connectivity index (χ2v) is 8.05. The molecule has 1 aromatic heterocycles. The summed E-state index contributed by atoms with van der Waals surface area (Å²) in [5.41, 5.74) is 1.43. The van der Waals surface area contributed by atoms with Crippen LogP contribution < -0.4 is 0 Å². The molecule has 0 bridgehead atoms. The topological polar surface area (TPSA) is 39.7 Å². The molecule has 25 heavy (non-hydrogen) atoms. The Morgan fingerprint density at radius 3 is 2.80 bits per heavy atom. The molecule has 3 rings (SSSR count). The number of likely N-dealkylation sites (tertiary alicyclic amines) is 2. The van der Waals surface area contributed by atoms with Crippen molar-refractivity contribution in [1.82, 2.24) is 19.7 Å². The predicted octanol–water partition coefficient (Wildman–Crippen LogP) is 2.24. The second kappa shape index (κ2) is 7.83. The zero-order valence-electron chi connectivity index (χ0n) is 15.9. The molecular weight excluding hydrogens is 312 g/mol. The maximum Gasteiger partial charge on any atom is 0.239 e. The number of carbonyl (C=O) groups excluding carboxylic acids is 1. The van der Waals surface area contributed by atoms with Gasteiger partial charge in [-0.2, -0.15) is 0 Å². The Bertz CT molecular complexity index is 568. The minimum absolute atomic E-state index is 0.0463. The van der Waals surface area contributed by atoms with Crippen LogP contribution in [0.4, 0.5) is 0 Å². The molecule has 1 spiro atoms. The number of piperidine rings is 1. The van der Waals surface area contributed by atoms with E-state index < -0.39 is 0 Å². The van der Waals surface area contributed by atoms with Crippen LogP contribution in [0.5, 0.6) is 0 Å². The third-order valence-electron chi connectivity index (χ3n) is 5.97. The molecule has 0 saturated carbocycles. The number of hydrogen-bond acceptors (Lipinski definition) is 4. The summed E-state index contributed by atoms with van der Waals surface area (Å²) in [5.74, 6) is 0.271. The van der Waals surface area contributed by atoms with Crippen molar-refractivity contribution in [2.24, 2.45) is 5.41 Å². The largest absolute Gasteiger partial charge is 0.340 e. The van der Waals surface area contributed by atoms with E-state index in [4.69, 9.17) is 0 Å². The van der Waals surface area contributed by atoms with Gasteiger partial charge in [-0.05, 0) is 69.4 Å². The van der Waals surface area contributed by atoms with E-state index in [1.807, 2.05) is 30.3 Å². The Kier molecular flexibility index (Phi) is 5.74. The van der Waals surface area contributed by atoms with Crippen molar-refractivity contribution in [2.45, 2.75) is 45.2 Å². The van der Waals surface area contributed by atoms with Gasteiger partial charge in [-0.25, -0.2) is 0 Å². The Morgan fingerprint density at radius 1 is 1.40 bits per heavy atom. The first-order valence-corrected chi connectivity index (χ1v) is 9.59. The highest BCUT2D eigenvalue weighted by Gasteiger charge is 2.47. The number of nitrogens with zero attached hydrogens (tertiary/aromatic N) is 4. The first-order chi connectivity index (χ1) is 12.0. The van der Waals surface area contributed by atoms with Gasteiger partial charge in [-0.3, -0.25) is 14.7 Å². The summed E-state index contributed by atoms with van der Waals surface area (Å²) in [6.07, 6.45) is 8.19. The lowest BCUT2D eigenvalue weighted by Crippen LogP contribution is -2.44. The van der Waals surface area contributed by atoms with Gasteiger partial charge in [0.15, 0.2) is 0 Å². The van der Waals surface area contributed by atoms with Gasteiger partial charge in [-0.1, -0.05) is 13.0 Å². The van der Waals surface area contributed by atoms with Gasteiger partial charge >= 0.3 is 0 Å². The summed E-state index contributed by atoms with van der Waals surface area (Å²) >= 11 is 0. The van der Waals surface area contributed by atoms with E-state index in [9.17, 15) is 4.79 Å². The molecule has 0 aromatic carbocycles. The molecule has 2 fully saturated rings. The fourth-order valence-electron chi connectivity index (χ4n) is 4.46. The monoisotopic (exact) mass is 344 g/mol. The molecule has 5 nitrogen and oxygen atoms in total. The SMILES string of the molecule is CCCN1CC2(CCN(C)CC2)C[C@H]1C(=O)N(C)Cc1cccnc1. The minimum atomic E-state index is 0.0463. The summed E-state index contributed by atoms with van der Waals surface area (Å²) in [7, 11) is 4.13. The molecule has 0 radical (unpaired) electrons. The molecule has 2 aliphatic heterocycles. The van der Waals surface area contributed by atoms with Crippen LogP contribution in [-0.2, 0) is 11.3 Å². The molecule has 138 valence electrons. The highest BCUT2D eigenvalue weighted by atomic mass is 16.2. The Hall–Kier alpha value is -1.46. The minimum Gasteiger partial charge on any atom is -0.340 e. The van der Waals surface area contributed by atoms with E-state index in [1.54, 1.807) is 6.20 Å². The lowest BCUT2D eigenvalue weighted by atomic mass is 9.76. The van der Waals surface area contributed by atoms with Crippen LogP contribution in [0.3, 0.4) is 0 Å². The fourth-order valence-corrected chi connectivity index (χ4v) is 4.46. The Labute approximate surface area is 152 Å². The van der Waals surface area contributed by atoms with Crippen LogP contribution in [-0.4, -0.2) is 71.9 Å². The molecule has 0 aliphatic carbocycles. The number of hydrogen-bond donors (Lipinski definition) is 0. The third kappa shape index (κ3) is 4.21. The first-order valence-electron chi connectivity index (χ1n) is 9.59. The van der Waals surface area contributed by atoms with Gasteiger partial charge in [0, 0.05) is 32.5 Å². The van der Waals surface area contributed by atoms with Crippen molar-refractivity contribution in [3.05, 3.63) is 30.1 Å². The maximum absolute atomic E-state index is 13.2. The molecule has 1 atom stereocenters. The molecule has 2 aliphatic rings. The van der Waals surface area contributed by atoms with E-state index >= 15 is 0 Å². The summed E-state index contributed by atoms with van der Waals surface area (Å²) < 4.78 is 0. The van der Waals surface area contributed by atoms with Gasteiger partial charge < -0.3 is 9.80 Å². The fraction of sp³-hybridized carbons (Fsp3) is 0.700. The van der Waals surface area contributed by atoms with Gasteiger partial charge in [0.05, 0.1) is 6.04 Å². The highest BCUT2D eigenvalue weighted by Crippen LogP contribution is 2.43. The Morgan fingerprint density at radius 2 is 2.16 bits per heavy atom. The number of likely N-dealkylation sites (N-methyl/N-ethyl adjacent to an activating group) is 1. The average molecular weight is 345 g/mol. The summed E-state index contributed by atoms with van der Waals surface area (Å²) in [5, 5.41) is 0. The third-order valence-corrected chi connectivity index (χ3v) is 5.97. The van der Waals surface area contributed by atoms with E-state index in [0.717, 1.165) is 44.6 Å². The van der Waals surface area contributed by atoms with Crippen molar-refractivity contribution >= 4 is 5.91 Å². The molecule has 0 N–H and O–H groups in total. The first kappa shape index (κ1) is 18.3. The smallest absolute Gasteiger partial charge is 0.239 e. The van der Waals surface area contributed by atoms with Gasteiger partial charge in [0.2, 0.25) is 5.91 Å².